The van der Waals surface area contributed by atoms with Gasteiger partial charge in [0.2, 0.25) is 0 Å². The largest absolute Gasteiger partial charge is 0.468 e. The topological polar surface area (TPSA) is 193 Å². The summed E-state index contributed by atoms with van der Waals surface area (Å²) in [7, 11) is 1.25. The van der Waals surface area contributed by atoms with E-state index in [9.17, 15) is 24.0 Å². The molecule has 0 aliphatic carbocycles. The first kappa shape index (κ1) is 49.1. The van der Waals surface area contributed by atoms with E-state index >= 15 is 0 Å². The molecular weight excluding hydrogens is 829 g/mol. The molecule has 0 bridgehead atoms. The molecule has 2 aromatic heterocycles. The second-order valence-corrected chi connectivity index (χ2v) is 15.1. The highest BCUT2D eigenvalue weighted by molar-refractivity contribution is 6.02. The maximum absolute atomic E-state index is 14.5. The summed E-state index contributed by atoms with van der Waals surface area (Å²) >= 11 is 0. The lowest BCUT2D eigenvalue weighted by molar-refractivity contribution is -0.164. The Morgan fingerprint density at radius 2 is 1.12 bits per heavy atom. The Hall–Kier alpha value is -6.97. The summed E-state index contributed by atoms with van der Waals surface area (Å²) in [4.78, 5) is 80.9. The minimum absolute atomic E-state index is 0.00320. The van der Waals surface area contributed by atoms with Crippen molar-refractivity contribution in [2.45, 2.75) is 65.7 Å². The van der Waals surface area contributed by atoms with Gasteiger partial charge in [-0.3, -0.25) is 29.0 Å². The molecule has 5 rings (SSSR count). The molecule has 0 aliphatic heterocycles. The number of ether oxygens (including phenoxy) is 4. The number of amides is 1. The Balaban J connectivity index is 1.71. The highest BCUT2D eigenvalue weighted by Crippen LogP contribution is 2.32. The molecule has 0 saturated carbocycles. The van der Waals surface area contributed by atoms with Crippen molar-refractivity contribution in [1.82, 2.24) is 25.1 Å². The number of rotatable bonds is 23. The Morgan fingerprint density at radius 3 is 1.62 bits per heavy atom. The van der Waals surface area contributed by atoms with E-state index < -0.39 is 42.0 Å². The van der Waals surface area contributed by atoms with Gasteiger partial charge in [-0.1, -0.05) is 86.1 Å². The summed E-state index contributed by atoms with van der Waals surface area (Å²) in [6, 6.07) is 33.4. The van der Waals surface area contributed by atoms with E-state index in [0.29, 0.717) is 35.6 Å². The Labute approximate surface area is 380 Å². The standard InChI is InChI=1S/C50H58N6O9/c1-6-10-25-50(49(61)65-9-4,54-48(60)41-23-17-18-24-42(41)51)56(34-45(57)62-5)31-40-27-38(36-21-15-12-16-22-36)29-44(53-40)43-28-37(35-19-13-11-14-20-35)26-39(52-43)30-55(32-46(58)63-7-2)33-47(59)64-8-3/h11-24,26-29H,6-10,25,30-34,51H2,1-5H3,(H,54,60). The van der Waals surface area contributed by atoms with Crippen LogP contribution in [0.5, 0.6) is 0 Å². The number of aromatic nitrogens is 2. The van der Waals surface area contributed by atoms with E-state index in [4.69, 9.17) is 34.6 Å². The smallest absolute Gasteiger partial charge is 0.347 e. The third-order valence-electron chi connectivity index (χ3n) is 10.4. The van der Waals surface area contributed by atoms with Crippen molar-refractivity contribution in [3.05, 3.63) is 126 Å². The van der Waals surface area contributed by atoms with E-state index in [2.05, 4.69) is 5.32 Å². The van der Waals surface area contributed by atoms with Crippen molar-refractivity contribution in [3.8, 4) is 33.6 Å². The number of nitrogens with two attached hydrogens (primary N) is 1. The van der Waals surface area contributed by atoms with Crippen molar-refractivity contribution in [3.63, 3.8) is 0 Å². The van der Waals surface area contributed by atoms with E-state index in [1.807, 2.05) is 91.9 Å². The quantitative estimate of drug-likeness (QED) is 0.0300. The molecule has 1 atom stereocenters. The van der Waals surface area contributed by atoms with Crippen molar-refractivity contribution in [2.24, 2.45) is 0 Å². The van der Waals surface area contributed by atoms with Gasteiger partial charge in [0.1, 0.15) is 0 Å². The average Bonchev–Trinajstić information content (AvgIpc) is 3.30. The van der Waals surface area contributed by atoms with Gasteiger partial charge in [-0.05, 0) is 92.3 Å². The summed E-state index contributed by atoms with van der Waals surface area (Å²) < 4.78 is 21.3. The molecule has 0 fully saturated rings. The second-order valence-electron chi connectivity index (χ2n) is 15.1. The van der Waals surface area contributed by atoms with Crippen LogP contribution in [0.25, 0.3) is 33.6 Å². The average molecular weight is 887 g/mol. The number of unbranched alkanes of at least 4 members (excludes halogenated alkanes) is 1. The predicted molar refractivity (Wildman–Crippen MR) is 247 cm³/mol. The molecule has 2 heterocycles. The van der Waals surface area contributed by atoms with Crippen LogP contribution in [0, 0.1) is 0 Å². The number of benzene rings is 3. The molecular formula is C50H58N6O9. The molecule has 3 aromatic carbocycles. The maximum Gasteiger partial charge on any atom is 0.347 e. The van der Waals surface area contributed by atoms with Crippen LogP contribution in [0.3, 0.4) is 0 Å². The van der Waals surface area contributed by atoms with E-state index in [-0.39, 0.29) is 63.7 Å². The van der Waals surface area contributed by atoms with Gasteiger partial charge in [-0.2, -0.15) is 0 Å². The van der Waals surface area contributed by atoms with Gasteiger partial charge >= 0.3 is 23.9 Å². The lowest BCUT2D eigenvalue weighted by Crippen LogP contribution is -2.66. The molecule has 5 aromatic rings. The van der Waals surface area contributed by atoms with Gasteiger partial charge in [0.15, 0.2) is 5.66 Å². The normalized spacial score (nSPS) is 12.0. The lowest BCUT2D eigenvalue weighted by Gasteiger charge is -2.41. The van der Waals surface area contributed by atoms with Crippen LogP contribution in [0.1, 0.15) is 68.7 Å². The number of hydrogen-bond donors (Lipinski definition) is 2. The number of pyridine rings is 2. The van der Waals surface area contributed by atoms with Gasteiger partial charge in [0, 0.05) is 18.8 Å². The third-order valence-corrected chi connectivity index (χ3v) is 10.4. The summed E-state index contributed by atoms with van der Waals surface area (Å²) in [5.74, 6) is -3.08. The van der Waals surface area contributed by atoms with Crippen LogP contribution in [-0.2, 0) is 51.2 Å². The van der Waals surface area contributed by atoms with Crippen LogP contribution in [0.15, 0.2) is 109 Å². The fourth-order valence-electron chi connectivity index (χ4n) is 7.34. The molecule has 15 nitrogen and oxygen atoms in total. The molecule has 342 valence electrons. The SMILES string of the molecule is CCCCC(NC(=O)c1ccccc1N)(C(=O)OCC)N(CC(=O)OC)Cc1cc(-c2ccccc2)cc(-c2cc(-c3ccccc3)cc(CN(CC(=O)OCC)CC(=O)OCC)n2)n1. The second kappa shape index (κ2) is 24.2. The zero-order chi connectivity index (χ0) is 46.8. The van der Waals surface area contributed by atoms with Crippen molar-refractivity contribution >= 4 is 35.5 Å². The summed E-state index contributed by atoms with van der Waals surface area (Å²) in [5.41, 5.74) is 9.84. The van der Waals surface area contributed by atoms with Gasteiger partial charge in [0.25, 0.3) is 5.91 Å². The molecule has 1 unspecified atom stereocenters. The van der Waals surface area contributed by atoms with Crippen LogP contribution >= 0.6 is 0 Å². The third kappa shape index (κ3) is 13.5. The minimum Gasteiger partial charge on any atom is -0.468 e. The molecule has 1 amide bonds. The number of nitrogen functional groups attached to an aromatic ring is 1. The summed E-state index contributed by atoms with van der Waals surface area (Å²) in [5, 5.41) is 2.96. The number of esters is 4. The Bertz CT molecular complexity index is 2380. The molecule has 0 spiro atoms. The lowest BCUT2D eigenvalue weighted by atomic mass is 9.97. The fourth-order valence-corrected chi connectivity index (χ4v) is 7.34. The van der Waals surface area contributed by atoms with Gasteiger partial charge < -0.3 is 30.0 Å². The minimum atomic E-state index is -1.88. The Kier molecular flexibility index (Phi) is 18.3. The highest BCUT2D eigenvalue weighted by atomic mass is 16.5. The molecule has 15 heteroatoms. The molecule has 0 radical (unpaired) electrons. The predicted octanol–water partition coefficient (Wildman–Crippen LogP) is 6.84. The first-order valence-electron chi connectivity index (χ1n) is 21.8. The number of methoxy groups -OCH3 is 1. The van der Waals surface area contributed by atoms with Crippen molar-refractivity contribution in [2.75, 3.05) is 52.3 Å². The molecule has 0 aliphatic rings. The zero-order valence-corrected chi connectivity index (χ0v) is 37.7. The molecule has 0 saturated heterocycles. The number of hydrogen-bond acceptors (Lipinski definition) is 14. The highest BCUT2D eigenvalue weighted by Gasteiger charge is 2.48. The van der Waals surface area contributed by atoms with E-state index in [0.717, 1.165) is 22.3 Å². The van der Waals surface area contributed by atoms with Crippen molar-refractivity contribution < 1.29 is 42.9 Å². The van der Waals surface area contributed by atoms with Crippen LogP contribution in [0.2, 0.25) is 0 Å². The maximum atomic E-state index is 14.5. The number of nitrogens with zero attached hydrogens (tertiary/aromatic N) is 4. The van der Waals surface area contributed by atoms with Crippen LogP contribution in [0.4, 0.5) is 5.69 Å². The van der Waals surface area contributed by atoms with Gasteiger partial charge in [-0.15, -0.1) is 0 Å². The Morgan fingerprint density at radius 1 is 0.615 bits per heavy atom. The number of para-hydroxylation sites is 1. The van der Waals surface area contributed by atoms with Crippen molar-refractivity contribution in [1.29, 1.82) is 0 Å². The number of carbonyl (C=O) groups excluding carboxylic acids is 5. The zero-order valence-electron chi connectivity index (χ0n) is 37.7. The molecule has 65 heavy (non-hydrogen) atoms. The van der Waals surface area contributed by atoms with E-state index in [1.54, 1.807) is 49.9 Å². The van der Waals surface area contributed by atoms with Crippen LogP contribution < -0.4 is 11.1 Å². The molecule has 3 N–H and O–H groups in total. The summed E-state index contributed by atoms with van der Waals surface area (Å²) in [6.07, 6.45) is 1.18. The number of nitrogens with one attached hydrogen (secondary N) is 1. The van der Waals surface area contributed by atoms with Gasteiger partial charge in [-0.25, -0.2) is 14.8 Å². The number of anilines is 1. The summed E-state index contributed by atoms with van der Waals surface area (Å²) in [6.45, 7) is 6.52. The number of carbonyl (C=O) groups is 5. The van der Waals surface area contributed by atoms with E-state index in [1.165, 1.54) is 12.0 Å². The van der Waals surface area contributed by atoms with Crippen LogP contribution in [-0.4, -0.2) is 102 Å². The first-order chi connectivity index (χ1) is 31.4. The first-order valence-corrected chi connectivity index (χ1v) is 21.8. The fraction of sp³-hybridized carbons (Fsp3) is 0.340. The monoisotopic (exact) mass is 886 g/mol. The van der Waals surface area contributed by atoms with Gasteiger partial charge in [0.05, 0.1) is 74.9 Å².